The van der Waals surface area contributed by atoms with Gasteiger partial charge in [-0.05, 0) is 50.5 Å². The Morgan fingerprint density at radius 2 is 2.06 bits per heavy atom. The van der Waals surface area contributed by atoms with Crippen LogP contribution in [-0.4, -0.2) is 12.6 Å². The number of hydrogen-bond donors (Lipinski definition) is 1. The molecule has 1 heteroatoms. The zero-order chi connectivity index (χ0) is 11.2. The van der Waals surface area contributed by atoms with Gasteiger partial charge in [0.2, 0.25) is 0 Å². The maximum Gasteiger partial charge on any atom is 0.00683 e. The summed E-state index contributed by atoms with van der Waals surface area (Å²) in [5.74, 6) is 1.90. The zero-order valence-corrected chi connectivity index (χ0v) is 10.8. The van der Waals surface area contributed by atoms with Gasteiger partial charge in [0.25, 0.3) is 0 Å². The van der Waals surface area contributed by atoms with Gasteiger partial charge in [-0.1, -0.05) is 38.3 Å². The Hall–Kier alpha value is -0.300. The smallest absolute Gasteiger partial charge is 0.00683 e. The van der Waals surface area contributed by atoms with Gasteiger partial charge in [0.05, 0.1) is 0 Å². The molecule has 0 bridgehead atoms. The molecule has 2 unspecified atom stereocenters. The van der Waals surface area contributed by atoms with Gasteiger partial charge in [0, 0.05) is 6.04 Å². The first-order valence-electron chi connectivity index (χ1n) is 7.28. The van der Waals surface area contributed by atoms with Crippen LogP contribution in [0.2, 0.25) is 0 Å². The van der Waals surface area contributed by atoms with E-state index in [1.807, 2.05) is 0 Å². The highest BCUT2D eigenvalue weighted by atomic mass is 14.9. The molecule has 0 aliphatic heterocycles. The molecule has 0 spiro atoms. The van der Waals surface area contributed by atoms with Crippen LogP contribution in [-0.2, 0) is 0 Å². The summed E-state index contributed by atoms with van der Waals surface area (Å²) in [6.45, 7) is 3.53. The molecule has 2 rings (SSSR count). The van der Waals surface area contributed by atoms with E-state index in [0.29, 0.717) is 0 Å². The third-order valence-corrected chi connectivity index (χ3v) is 4.13. The molecule has 92 valence electrons. The van der Waals surface area contributed by atoms with Gasteiger partial charge in [-0.25, -0.2) is 0 Å². The quantitative estimate of drug-likeness (QED) is 0.530. The highest BCUT2D eigenvalue weighted by molar-refractivity contribution is 4.92. The lowest BCUT2D eigenvalue weighted by molar-refractivity contribution is 0.297. The van der Waals surface area contributed by atoms with Gasteiger partial charge in [-0.15, -0.1) is 0 Å². The molecule has 0 heterocycles. The van der Waals surface area contributed by atoms with Crippen LogP contribution in [0.4, 0.5) is 0 Å². The van der Waals surface area contributed by atoms with Crippen LogP contribution in [0.25, 0.3) is 0 Å². The lowest BCUT2D eigenvalue weighted by Gasteiger charge is -2.26. The summed E-state index contributed by atoms with van der Waals surface area (Å²) in [6.07, 6.45) is 16.1. The summed E-state index contributed by atoms with van der Waals surface area (Å²) in [7, 11) is 0. The molecule has 16 heavy (non-hydrogen) atoms. The first-order valence-corrected chi connectivity index (χ1v) is 7.28. The standard InChI is InChI=1S/C15H27N/c1-2-13-7-5-8-14(12-13)6-3-4-11-16-15-9-10-15/h3,6,13-16H,2,4-5,7-12H2,1H3. The average Bonchev–Trinajstić information content (AvgIpc) is 3.13. The lowest BCUT2D eigenvalue weighted by Crippen LogP contribution is -2.17. The van der Waals surface area contributed by atoms with E-state index in [4.69, 9.17) is 0 Å². The molecular formula is C15H27N. The van der Waals surface area contributed by atoms with E-state index in [2.05, 4.69) is 24.4 Å². The van der Waals surface area contributed by atoms with Crippen molar-refractivity contribution in [1.29, 1.82) is 0 Å². The SMILES string of the molecule is CCC1CCCC(C=CCCNC2CC2)C1. The molecule has 2 saturated carbocycles. The van der Waals surface area contributed by atoms with Gasteiger partial charge >= 0.3 is 0 Å². The van der Waals surface area contributed by atoms with E-state index < -0.39 is 0 Å². The maximum absolute atomic E-state index is 3.56. The molecule has 2 atom stereocenters. The van der Waals surface area contributed by atoms with E-state index in [0.717, 1.165) is 17.9 Å². The molecule has 2 aliphatic rings. The van der Waals surface area contributed by atoms with Gasteiger partial charge in [0.15, 0.2) is 0 Å². The van der Waals surface area contributed by atoms with E-state index in [9.17, 15) is 0 Å². The first-order chi connectivity index (χ1) is 7.88. The minimum Gasteiger partial charge on any atom is -0.314 e. The largest absolute Gasteiger partial charge is 0.314 e. The zero-order valence-electron chi connectivity index (χ0n) is 10.8. The van der Waals surface area contributed by atoms with Crippen molar-refractivity contribution in [2.24, 2.45) is 11.8 Å². The van der Waals surface area contributed by atoms with Crippen LogP contribution in [0.5, 0.6) is 0 Å². The molecule has 0 aromatic carbocycles. The van der Waals surface area contributed by atoms with Crippen molar-refractivity contribution in [3.63, 3.8) is 0 Å². The minimum atomic E-state index is 0.868. The molecule has 2 aliphatic carbocycles. The van der Waals surface area contributed by atoms with Gasteiger partial charge in [0.1, 0.15) is 0 Å². The van der Waals surface area contributed by atoms with Crippen LogP contribution < -0.4 is 5.32 Å². The average molecular weight is 221 g/mol. The second-order valence-corrected chi connectivity index (χ2v) is 5.65. The van der Waals surface area contributed by atoms with E-state index in [1.165, 1.54) is 57.9 Å². The minimum absolute atomic E-state index is 0.868. The van der Waals surface area contributed by atoms with Crippen molar-refractivity contribution < 1.29 is 0 Å². The molecular weight excluding hydrogens is 194 g/mol. The molecule has 0 radical (unpaired) electrons. The maximum atomic E-state index is 3.56. The number of allylic oxidation sites excluding steroid dienone is 1. The summed E-state index contributed by atoms with van der Waals surface area (Å²) in [5, 5.41) is 3.56. The summed E-state index contributed by atoms with van der Waals surface area (Å²) >= 11 is 0. The predicted molar refractivity (Wildman–Crippen MR) is 70.5 cm³/mol. The van der Waals surface area contributed by atoms with E-state index in [1.54, 1.807) is 0 Å². The molecule has 1 nitrogen and oxygen atoms in total. The third kappa shape index (κ3) is 4.29. The molecule has 1 N–H and O–H groups in total. The van der Waals surface area contributed by atoms with Crippen molar-refractivity contribution in [3.8, 4) is 0 Å². The van der Waals surface area contributed by atoms with Crippen LogP contribution in [0.1, 0.15) is 58.3 Å². The third-order valence-electron chi connectivity index (χ3n) is 4.13. The summed E-state index contributed by atoms with van der Waals surface area (Å²) in [4.78, 5) is 0. The highest BCUT2D eigenvalue weighted by Gasteiger charge is 2.19. The molecule has 2 fully saturated rings. The van der Waals surface area contributed by atoms with Crippen molar-refractivity contribution >= 4 is 0 Å². The fourth-order valence-corrected chi connectivity index (χ4v) is 2.83. The lowest BCUT2D eigenvalue weighted by atomic mass is 9.80. The number of nitrogens with one attached hydrogen (secondary N) is 1. The van der Waals surface area contributed by atoms with Crippen LogP contribution in [0.3, 0.4) is 0 Å². The Morgan fingerprint density at radius 3 is 2.81 bits per heavy atom. The first kappa shape index (κ1) is 12.2. The fourth-order valence-electron chi connectivity index (χ4n) is 2.83. The number of rotatable bonds is 6. The Kier molecular flexibility index (Phi) is 4.90. The Morgan fingerprint density at radius 1 is 1.19 bits per heavy atom. The highest BCUT2D eigenvalue weighted by Crippen LogP contribution is 2.31. The monoisotopic (exact) mass is 221 g/mol. The summed E-state index contributed by atoms with van der Waals surface area (Å²) in [5.41, 5.74) is 0. The van der Waals surface area contributed by atoms with Crippen LogP contribution in [0.15, 0.2) is 12.2 Å². The van der Waals surface area contributed by atoms with E-state index in [-0.39, 0.29) is 0 Å². The van der Waals surface area contributed by atoms with E-state index >= 15 is 0 Å². The molecule has 0 amide bonds. The second kappa shape index (κ2) is 6.44. The van der Waals surface area contributed by atoms with Crippen LogP contribution >= 0.6 is 0 Å². The fraction of sp³-hybridized carbons (Fsp3) is 0.867. The summed E-state index contributed by atoms with van der Waals surface area (Å²) < 4.78 is 0. The normalized spacial score (nSPS) is 31.1. The summed E-state index contributed by atoms with van der Waals surface area (Å²) in [6, 6.07) is 0.868. The number of hydrogen-bond acceptors (Lipinski definition) is 1. The van der Waals surface area contributed by atoms with Gasteiger partial charge in [-0.3, -0.25) is 0 Å². The Balaban J connectivity index is 1.57. The molecule has 0 saturated heterocycles. The van der Waals surface area contributed by atoms with Crippen molar-refractivity contribution in [2.45, 2.75) is 64.3 Å². The predicted octanol–water partition coefficient (Wildman–Crippen LogP) is 3.90. The van der Waals surface area contributed by atoms with Crippen molar-refractivity contribution in [2.75, 3.05) is 6.54 Å². The topological polar surface area (TPSA) is 12.0 Å². The van der Waals surface area contributed by atoms with Crippen LogP contribution in [0, 0.1) is 11.8 Å². The van der Waals surface area contributed by atoms with Gasteiger partial charge < -0.3 is 5.32 Å². The Bertz CT molecular complexity index is 217. The van der Waals surface area contributed by atoms with Crippen molar-refractivity contribution in [1.82, 2.24) is 5.32 Å². The van der Waals surface area contributed by atoms with Crippen molar-refractivity contribution in [3.05, 3.63) is 12.2 Å². The van der Waals surface area contributed by atoms with Gasteiger partial charge in [-0.2, -0.15) is 0 Å². The second-order valence-electron chi connectivity index (χ2n) is 5.65. The molecule has 0 aromatic heterocycles. The molecule has 0 aromatic rings. The Labute approximate surface area is 101 Å².